The molecule has 0 aliphatic carbocycles. The summed E-state index contributed by atoms with van der Waals surface area (Å²) < 4.78 is 10.2. The molecule has 0 fully saturated rings. The number of methoxy groups -OCH3 is 1. The third-order valence-corrected chi connectivity index (χ3v) is 16.4. The number of benzene rings is 6. The van der Waals surface area contributed by atoms with E-state index in [2.05, 4.69) is 180 Å². The number of anilines is 6. The van der Waals surface area contributed by atoms with Crippen molar-refractivity contribution in [2.75, 3.05) is 30.1 Å². The van der Waals surface area contributed by atoms with Gasteiger partial charge in [-0.15, -0.1) is 22.7 Å². The molecule has 0 radical (unpaired) electrons. The van der Waals surface area contributed by atoms with E-state index in [1.807, 2.05) is 12.1 Å². The van der Waals surface area contributed by atoms with Gasteiger partial charge in [-0.1, -0.05) is 108 Å². The maximum Gasteiger partial charge on any atom is 0.306 e. The Kier molecular flexibility index (Phi) is 14.5. The second kappa shape index (κ2) is 21.7. The molecule has 0 atom stereocenters. The Labute approximate surface area is 423 Å². The molecule has 0 saturated heterocycles. The molecule has 70 heavy (non-hydrogen) atoms. The van der Waals surface area contributed by atoms with E-state index in [1.54, 1.807) is 59.4 Å². The molecule has 4 aromatic heterocycles. The number of aromatic nitrogens is 2. The highest BCUT2D eigenvalue weighted by Gasteiger charge is 2.19. The summed E-state index contributed by atoms with van der Waals surface area (Å²) in [6.45, 7) is 2.31. The normalized spacial score (nSPS) is 11.2. The largest absolute Gasteiger partial charge is 0.463 e. The molecule has 10 rings (SSSR count). The van der Waals surface area contributed by atoms with E-state index in [9.17, 15) is 9.59 Å². The number of rotatable bonds is 19. The number of fused-ring (bicyclic) bond motifs is 1. The van der Waals surface area contributed by atoms with E-state index >= 15 is 0 Å². The number of aryl methyl sites for hydroxylation is 2. The minimum absolute atomic E-state index is 0.206. The predicted octanol–water partition coefficient (Wildman–Crippen LogP) is 16.1. The predicted molar refractivity (Wildman–Crippen MR) is 292 cm³/mol. The Balaban J connectivity index is 0.809. The van der Waals surface area contributed by atoms with Crippen LogP contribution < -0.4 is 9.80 Å². The first-order valence-electron chi connectivity index (χ1n) is 23.1. The van der Waals surface area contributed by atoms with Gasteiger partial charge >= 0.3 is 5.97 Å². The molecule has 4 heterocycles. The SMILES string of the molecule is COCCOC(=O)CCc1ccc(N(c2ccccc2)c2ccc(-c3ccc(-c4nc5sc(-c6ccc(-c7ccc(N(c8ccccc8)c8ccc(CCC(C)=O)cc8)cc7)s6)nc5s4)s3)cc2)cc1. The smallest absolute Gasteiger partial charge is 0.306 e. The summed E-state index contributed by atoms with van der Waals surface area (Å²) in [6, 6.07) is 63.8. The summed E-state index contributed by atoms with van der Waals surface area (Å²) in [6.07, 6.45) is 2.24. The highest BCUT2D eigenvalue weighted by atomic mass is 32.1. The van der Waals surface area contributed by atoms with Crippen LogP contribution in [0.3, 0.4) is 0 Å². The highest BCUT2D eigenvalue weighted by molar-refractivity contribution is 7.32. The van der Waals surface area contributed by atoms with Crippen molar-refractivity contribution in [1.82, 2.24) is 9.97 Å². The molecule has 0 unspecified atom stereocenters. The van der Waals surface area contributed by atoms with Crippen molar-refractivity contribution in [2.24, 2.45) is 0 Å². The number of esters is 1. The molecule has 6 aromatic carbocycles. The standard InChI is InChI=1S/C58H48N4O4S4/c1-39(63)13-14-40-15-24-46(25-16-40)61(44-9-5-3-6-10-44)48-28-20-42(21-29-48)50-32-34-52(67-50)55-59-57-58(69-55)60-56(70-57)53-35-33-51(68-53)43-22-30-49(31-23-43)62(45-11-7-4-8-12-45)47-26-17-41(18-27-47)19-36-54(64)66-38-37-65-2/h3-12,15-18,20-35H,13-14,19,36-38H2,1-2H3. The van der Waals surface area contributed by atoms with Gasteiger partial charge in [0, 0.05) is 63.8 Å². The number of hydrogen-bond donors (Lipinski definition) is 0. The quantitative estimate of drug-likeness (QED) is 0.0585. The molecule has 10 aromatic rings. The lowest BCUT2D eigenvalue weighted by Crippen LogP contribution is -2.11. The number of hydrogen-bond acceptors (Lipinski definition) is 12. The number of carbonyl (C=O) groups is 2. The van der Waals surface area contributed by atoms with Crippen LogP contribution in [0.25, 0.3) is 50.3 Å². The Morgan fingerprint density at radius 3 is 1.24 bits per heavy atom. The van der Waals surface area contributed by atoms with Crippen molar-refractivity contribution in [3.63, 3.8) is 0 Å². The maximum atomic E-state index is 12.2. The Bertz CT molecular complexity index is 3300. The zero-order chi connectivity index (χ0) is 47.8. The summed E-state index contributed by atoms with van der Waals surface area (Å²) in [5.41, 5.74) is 10.9. The van der Waals surface area contributed by atoms with Gasteiger partial charge in [0.2, 0.25) is 0 Å². The van der Waals surface area contributed by atoms with Gasteiger partial charge in [0.05, 0.1) is 16.4 Å². The minimum Gasteiger partial charge on any atom is -0.463 e. The molecule has 0 bridgehead atoms. The van der Waals surface area contributed by atoms with E-state index in [1.165, 1.54) is 9.75 Å². The number of ether oxygens (including phenoxy) is 2. The molecule has 0 saturated carbocycles. The highest BCUT2D eigenvalue weighted by Crippen LogP contribution is 2.44. The summed E-state index contributed by atoms with van der Waals surface area (Å²) in [4.78, 5) is 44.9. The molecular formula is C58H48N4O4S4. The lowest BCUT2D eigenvalue weighted by atomic mass is 10.1. The summed E-state index contributed by atoms with van der Waals surface area (Å²) in [5.74, 6) is -0.0143. The van der Waals surface area contributed by atoms with Gasteiger partial charge in [-0.2, -0.15) is 0 Å². The fourth-order valence-corrected chi connectivity index (χ4v) is 12.3. The number of nitrogens with zero attached hydrogens (tertiary/aromatic N) is 4. The van der Waals surface area contributed by atoms with Crippen LogP contribution >= 0.6 is 45.3 Å². The second-order valence-corrected chi connectivity index (χ2v) is 20.8. The van der Waals surface area contributed by atoms with Crippen LogP contribution in [0.5, 0.6) is 0 Å². The summed E-state index contributed by atoms with van der Waals surface area (Å²) in [7, 11) is 1.59. The monoisotopic (exact) mass is 992 g/mol. The van der Waals surface area contributed by atoms with Crippen molar-refractivity contribution in [3.8, 4) is 40.7 Å². The molecule has 0 N–H and O–H groups in total. The van der Waals surface area contributed by atoms with Gasteiger partial charge in [-0.05, 0) is 139 Å². The van der Waals surface area contributed by atoms with Crippen molar-refractivity contribution < 1.29 is 19.1 Å². The van der Waals surface area contributed by atoms with E-state index in [4.69, 9.17) is 19.4 Å². The topological polar surface area (TPSA) is 84.9 Å². The molecule has 8 nitrogen and oxygen atoms in total. The minimum atomic E-state index is -0.220. The second-order valence-electron chi connectivity index (χ2n) is 16.7. The van der Waals surface area contributed by atoms with Gasteiger partial charge in [0.25, 0.3) is 0 Å². The van der Waals surface area contributed by atoms with Gasteiger partial charge in [-0.3, -0.25) is 4.79 Å². The molecule has 12 heteroatoms. The molecule has 0 aliphatic heterocycles. The van der Waals surface area contributed by atoms with Crippen LogP contribution in [0.2, 0.25) is 0 Å². The van der Waals surface area contributed by atoms with Gasteiger partial charge in [0.15, 0.2) is 9.66 Å². The Morgan fingerprint density at radius 2 is 0.829 bits per heavy atom. The number of para-hydroxylation sites is 2. The van der Waals surface area contributed by atoms with Crippen molar-refractivity contribution >= 4 is 101 Å². The van der Waals surface area contributed by atoms with Crippen LogP contribution in [0.1, 0.15) is 30.9 Å². The number of thiophene rings is 2. The third kappa shape index (κ3) is 10.9. The van der Waals surface area contributed by atoms with E-state index in [-0.39, 0.29) is 18.4 Å². The number of Topliss-reactive ketones (excluding diaryl/α,β-unsaturated/α-hetero) is 1. The van der Waals surface area contributed by atoms with Crippen LogP contribution in [0, 0.1) is 0 Å². The first-order valence-corrected chi connectivity index (χ1v) is 26.3. The zero-order valence-electron chi connectivity index (χ0n) is 38.6. The van der Waals surface area contributed by atoms with Gasteiger partial charge in [0.1, 0.15) is 22.4 Å². The van der Waals surface area contributed by atoms with E-state index in [0.717, 1.165) is 92.2 Å². The van der Waals surface area contributed by atoms with Crippen LogP contribution in [-0.2, 0) is 31.9 Å². The fraction of sp³-hybridized carbons (Fsp3) is 0.138. The maximum absolute atomic E-state index is 12.2. The third-order valence-electron chi connectivity index (χ3n) is 11.8. The Morgan fingerprint density at radius 1 is 0.443 bits per heavy atom. The van der Waals surface area contributed by atoms with Crippen molar-refractivity contribution in [2.45, 2.75) is 32.6 Å². The zero-order valence-corrected chi connectivity index (χ0v) is 41.9. The molecule has 0 amide bonds. The van der Waals surface area contributed by atoms with Gasteiger partial charge in [-0.25, -0.2) is 9.97 Å². The summed E-state index contributed by atoms with van der Waals surface area (Å²) >= 11 is 6.78. The number of ketones is 1. The molecule has 0 spiro atoms. The van der Waals surface area contributed by atoms with E-state index < -0.39 is 0 Å². The number of carbonyl (C=O) groups excluding carboxylic acids is 2. The number of thiazole rings is 2. The van der Waals surface area contributed by atoms with Crippen LogP contribution in [0.15, 0.2) is 182 Å². The molecule has 0 aliphatic rings. The lowest BCUT2D eigenvalue weighted by Gasteiger charge is -2.25. The fourth-order valence-electron chi connectivity index (χ4n) is 8.17. The van der Waals surface area contributed by atoms with E-state index in [0.29, 0.717) is 25.9 Å². The average Bonchev–Trinajstić information content (AvgIpc) is 4.23. The van der Waals surface area contributed by atoms with Crippen molar-refractivity contribution in [1.29, 1.82) is 0 Å². The Hall–Kier alpha value is -7.06. The van der Waals surface area contributed by atoms with Crippen molar-refractivity contribution in [3.05, 3.63) is 193 Å². The first kappa shape index (κ1) is 46.7. The van der Waals surface area contributed by atoms with Gasteiger partial charge < -0.3 is 24.1 Å². The van der Waals surface area contributed by atoms with Crippen LogP contribution in [0.4, 0.5) is 34.1 Å². The van der Waals surface area contributed by atoms with Crippen LogP contribution in [-0.4, -0.2) is 42.0 Å². The average molecular weight is 993 g/mol. The lowest BCUT2D eigenvalue weighted by molar-refractivity contribution is -0.144. The molecule has 348 valence electrons. The molecular weight excluding hydrogens is 945 g/mol. The summed E-state index contributed by atoms with van der Waals surface area (Å²) in [5, 5.41) is 1.97. The first-order chi connectivity index (χ1) is 34.3.